The van der Waals surface area contributed by atoms with Crippen molar-refractivity contribution in [2.24, 2.45) is 5.41 Å². The van der Waals surface area contributed by atoms with Gasteiger partial charge in [-0.1, -0.05) is 95.2 Å². The average molecular weight is 338 g/mol. The molecule has 0 aliphatic carbocycles. The summed E-state index contributed by atoms with van der Waals surface area (Å²) < 4.78 is 0.860. The highest BCUT2D eigenvalue weighted by atomic mass is 127. The molecule has 0 amide bonds. The van der Waals surface area contributed by atoms with Gasteiger partial charge < -0.3 is 0 Å². The summed E-state index contributed by atoms with van der Waals surface area (Å²) in [5, 5.41) is 0. The van der Waals surface area contributed by atoms with Crippen LogP contribution in [0.5, 0.6) is 0 Å². The van der Waals surface area contributed by atoms with Crippen LogP contribution in [0.1, 0.15) is 85.5 Å². The van der Waals surface area contributed by atoms with Gasteiger partial charge in [0, 0.05) is 3.92 Å². The Bertz CT molecular complexity index is 152. The number of halogens is 1. The fraction of sp³-hybridized carbons (Fsp3) is 1.00. The minimum Gasteiger partial charge on any atom is -0.0820 e. The van der Waals surface area contributed by atoms with E-state index in [-0.39, 0.29) is 0 Å². The van der Waals surface area contributed by atoms with E-state index >= 15 is 0 Å². The largest absolute Gasteiger partial charge is 0.0820 e. The first-order chi connectivity index (χ1) is 7.54. The molecule has 0 radical (unpaired) electrons. The van der Waals surface area contributed by atoms with Gasteiger partial charge in [0.25, 0.3) is 0 Å². The lowest BCUT2D eigenvalue weighted by Gasteiger charge is -2.30. The summed E-state index contributed by atoms with van der Waals surface area (Å²) in [7, 11) is 0. The van der Waals surface area contributed by atoms with E-state index in [0.717, 1.165) is 3.92 Å². The minimum atomic E-state index is 0.543. The van der Waals surface area contributed by atoms with E-state index in [9.17, 15) is 0 Å². The van der Waals surface area contributed by atoms with Crippen molar-refractivity contribution in [2.75, 3.05) is 0 Å². The van der Waals surface area contributed by atoms with Crippen molar-refractivity contribution < 1.29 is 0 Å². The molecule has 0 aromatic heterocycles. The van der Waals surface area contributed by atoms with Crippen LogP contribution in [0, 0.1) is 5.41 Å². The molecule has 0 nitrogen and oxygen atoms in total. The fourth-order valence-electron chi connectivity index (χ4n) is 2.11. The second-order valence-electron chi connectivity index (χ2n) is 5.76. The lowest BCUT2D eigenvalue weighted by atomic mass is 9.82. The molecule has 1 unspecified atom stereocenters. The SMILES string of the molecule is CCCCCCCC(I)C(C)(C)CCCC. The molecule has 0 N–H and O–H groups in total. The van der Waals surface area contributed by atoms with Crippen LogP contribution in [0.4, 0.5) is 0 Å². The van der Waals surface area contributed by atoms with Gasteiger partial charge in [0.05, 0.1) is 0 Å². The molecule has 0 aliphatic rings. The van der Waals surface area contributed by atoms with Gasteiger partial charge in [-0.2, -0.15) is 0 Å². The quantitative estimate of drug-likeness (QED) is 0.247. The van der Waals surface area contributed by atoms with Crippen molar-refractivity contribution in [3.8, 4) is 0 Å². The van der Waals surface area contributed by atoms with Crippen molar-refractivity contribution in [1.82, 2.24) is 0 Å². The highest BCUT2D eigenvalue weighted by molar-refractivity contribution is 14.1. The summed E-state index contributed by atoms with van der Waals surface area (Å²) in [4.78, 5) is 0. The maximum atomic E-state index is 2.69. The van der Waals surface area contributed by atoms with Gasteiger partial charge in [-0.05, 0) is 18.3 Å². The topological polar surface area (TPSA) is 0 Å². The summed E-state index contributed by atoms with van der Waals surface area (Å²) in [5.74, 6) is 0. The normalized spacial score (nSPS) is 14.1. The lowest BCUT2D eigenvalue weighted by molar-refractivity contribution is 0.307. The summed E-state index contributed by atoms with van der Waals surface area (Å²) in [5.41, 5.74) is 0.543. The molecule has 0 aromatic rings. The zero-order chi connectivity index (χ0) is 12.4. The minimum absolute atomic E-state index is 0.543. The molecule has 0 rings (SSSR count). The van der Waals surface area contributed by atoms with E-state index in [1.165, 1.54) is 57.8 Å². The fourth-order valence-corrected chi connectivity index (χ4v) is 2.86. The summed E-state index contributed by atoms with van der Waals surface area (Å²) in [6, 6.07) is 0. The number of unbranched alkanes of at least 4 members (excludes halogenated alkanes) is 5. The van der Waals surface area contributed by atoms with Crippen LogP contribution < -0.4 is 0 Å². The van der Waals surface area contributed by atoms with E-state index < -0.39 is 0 Å². The summed E-state index contributed by atoms with van der Waals surface area (Å²) >= 11 is 2.69. The molecule has 0 aliphatic heterocycles. The number of rotatable bonds is 10. The maximum Gasteiger partial charge on any atom is 0.0161 e. The molecule has 0 saturated carbocycles. The van der Waals surface area contributed by atoms with E-state index in [1.54, 1.807) is 0 Å². The first-order valence-electron chi connectivity index (χ1n) is 7.18. The van der Waals surface area contributed by atoms with Crippen molar-refractivity contribution >= 4 is 22.6 Å². The molecule has 0 saturated heterocycles. The van der Waals surface area contributed by atoms with Crippen LogP contribution in [0.25, 0.3) is 0 Å². The molecule has 1 atom stereocenters. The molecule has 0 bridgehead atoms. The van der Waals surface area contributed by atoms with Gasteiger partial charge in [-0.15, -0.1) is 0 Å². The first kappa shape index (κ1) is 16.7. The zero-order valence-corrected chi connectivity index (χ0v) is 14.0. The molecule has 0 spiro atoms. The Morgan fingerprint density at radius 3 is 2.00 bits per heavy atom. The maximum absolute atomic E-state index is 2.69. The lowest BCUT2D eigenvalue weighted by Crippen LogP contribution is -2.24. The molecule has 98 valence electrons. The molecular weight excluding hydrogens is 307 g/mol. The average Bonchev–Trinajstić information content (AvgIpc) is 2.26. The molecular formula is C15H31I. The Hall–Kier alpha value is 0.730. The molecule has 0 fully saturated rings. The summed E-state index contributed by atoms with van der Waals surface area (Å²) in [6.45, 7) is 9.48. The highest BCUT2D eigenvalue weighted by Gasteiger charge is 2.25. The second kappa shape index (κ2) is 9.73. The van der Waals surface area contributed by atoms with E-state index in [2.05, 4.69) is 50.3 Å². The third-order valence-electron chi connectivity index (χ3n) is 3.58. The van der Waals surface area contributed by atoms with E-state index in [4.69, 9.17) is 0 Å². The van der Waals surface area contributed by atoms with Crippen LogP contribution >= 0.6 is 22.6 Å². The van der Waals surface area contributed by atoms with Crippen LogP contribution in [0.15, 0.2) is 0 Å². The van der Waals surface area contributed by atoms with E-state index in [1.807, 2.05) is 0 Å². The first-order valence-corrected chi connectivity index (χ1v) is 8.43. The van der Waals surface area contributed by atoms with Crippen molar-refractivity contribution in [2.45, 2.75) is 89.4 Å². The third-order valence-corrected chi connectivity index (χ3v) is 5.89. The Labute approximate surface area is 117 Å². The van der Waals surface area contributed by atoms with Crippen LogP contribution in [-0.4, -0.2) is 3.92 Å². The molecule has 0 heterocycles. The molecule has 0 aromatic carbocycles. The summed E-state index contributed by atoms with van der Waals surface area (Å²) in [6.07, 6.45) is 12.6. The zero-order valence-electron chi connectivity index (χ0n) is 11.8. The van der Waals surface area contributed by atoms with Gasteiger partial charge in [-0.3, -0.25) is 0 Å². The van der Waals surface area contributed by atoms with Gasteiger partial charge >= 0.3 is 0 Å². The van der Waals surface area contributed by atoms with Crippen LogP contribution in [0.2, 0.25) is 0 Å². The van der Waals surface area contributed by atoms with Gasteiger partial charge in [0.15, 0.2) is 0 Å². The van der Waals surface area contributed by atoms with Crippen LogP contribution in [-0.2, 0) is 0 Å². The second-order valence-corrected chi connectivity index (χ2v) is 7.27. The van der Waals surface area contributed by atoms with E-state index in [0.29, 0.717) is 5.41 Å². The monoisotopic (exact) mass is 338 g/mol. The van der Waals surface area contributed by atoms with Crippen molar-refractivity contribution in [1.29, 1.82) is 0 Å². The van der Waals surface area contributed by atoms with Crippen molar-refractivity contribution in [3.63, 3.8) is 0 Å². The third kappa shape index (κ3) is 7.92. The molecule has 16 heavy (non-hydrogen) atoms. The highest BCUT2D eigenvalue weighted by Crippen LogP contribution is 2.36. The number of hydrogen-bond donors (Lipinski definition) is 0. The Kier molecular flexibility index (Phi) is 10.2. The Balaban J connectivity index is 3.64. The smallest absolute Gasteiger partial charge is 0.0161 e. The number of alkyl halides is 1. The predicted octanol–water partition coefficient (Wildman–Crippen LogP) is 6.37. The van der Waals surface area contributed by atoms with Crippen molar-refractivity contribution in [3.05, 3.63) is 0 Å². The predicted molar refractivity (Wildman–Crippen MR) is 84.5 cm³/mol. The van der Waals surface area contributed by atoms with Gasteiger partial charge in [-0.25, -0.2) is 0 Å². The van der Waals surface area contributed by atoms with Gasteiger partial charge in [0.2, 0.25) is 0 Å². The standard InChI is InChI=1S/C15H31I/c1-5-7-9-10-11-12-14(16)15(3,4)13-8-6-2/h14H,5-13H2,1-4H3. The Morgan fingerprint density at radius 2 is 1.44 bits per heavy atom. The Morgan fingerprint density at radius 1 is 0.875 bits per heavy atom. The van der Waals surface area contributed by atoms with Crippen LogP contribution in [0.3, 0.4) is 0 Å². The number of hydrogen-bond acceptors (Lipinski definition) is 0. The molecule has 1 heteroatoms. The van der Waals surface area contributed by atoms with Gasteiger partial charge in [0.1, 0.15) is 0 Å².